The van der Waals surface area contributed by atoms with Crippen LogP contribution in [0.4, 0.5) is 0 Å². The molecular formula is C8H21N3PaY. The fourth-order valence-corrected chi connectivity index (χ4v) is 1.00. The molecule has 2 radical (unpaired) electrons. The molecule has 5 heteroatoms. The zero-order valence-electron chi connectivity index (χ0n) is 8.92. The number of hydrogen-bond acceptors (Lipinski definition) is 3. The van der Waals surface area contributed by atoms with Crippen LogP contribution in [0, 0.1) is 32.3 Å². The Morgan fingerprint density at radius 1 is 1.15 bits per heavy atom. The second-order valence-corrected chi connectivity index (χ2v) is 2.57. The first-order valence-corrected chi connectivity index (χ1v) is 4.48. The number of nitrogens with one attached hydrogen (secondary N) is 1. The van der Waals surface area contributed by atoms with E-state index < -0.39 is 0 Å². The third kappa shape index (κ3) is 14.1. The van der Waals surface area contributed by atoms with Crippen LogP contribution in [0.15, 0.2) is 0 Å². The van der Waals surface area contributed by atoms with Crippen molar-refractivity contribution in [2.75, 3.05) is 39.3 Å². The van der Waals surface area contributed by atoms with Crippen molar-refractivity contribution in [1.29, 1.82) is 0 Å². The van der Waals surface area contributed by atoms with Gasteiger partial charge in [0.05, 0.1) is 0 Å². The maximum Gasteiger partial charge on any atom is 0.0107 e. The van der Waals surface area contributed by atoms with Crippen LogP contribution in [0.3, 0.4) is 0 Å². The molecule has 0 aliphatic heterocycles. The molecule has 0 unspecified atom stereocenters. The quantitative estimate of drug-likeness (QED) is 0.501. The second kappa shape index (κ2) is 16.5. The van der Waals surface area contributed by atoms with Gasteiger partial charge in [0.15, 0.2) is 0 Å². The van der Waals surface area contributed by atoms with Crippen LogP contribution in [-0.4, -0.2) is 44.2 Å². The number of rotatable bonds is 7. The van der Waals surface area contributed by atoms with Crippen LogP contribution < -0.4 is 11.1 Å². The summed E-state index contributed by atoms with van der Waals surface area (Å²) in [4.78, 5) is 2.39. The van der Waals surface area contributed by atoms with Crippen LogP contribution in [0.1, 0.15) is 13.8 Å². The predicted octanol–water partition coefficient (Wildman–Crippen LogP) is -0.126. The zero-order valence-corrected chi connectivity index (χ0v) is 16.6. The largest absolute Gasteiger partial charge is 0.329 e. The standard InChI is InChI=1S/C8H21N3.Pa.Y/c1-3-11(4-2)8-7-10-6-5-9;;/h10H,3-9H2,1-2H3;;. The van der Waals surface area contributed by atoms with Crippen LogP contribution in [0.2, 0.25) is 0 Å². The Labute approximate surface area is 132 Å². The molecule has 0 saturated carbocycles. The smallest absolute Gasteiger partial charge is 0.0107 e. The van der Waals surface area contributed by atoms with Gasteiger partial charge in [0.2, 0.25) is 0 Å². The molecule has 0 heterocycles. The molecule has 3 nitrogen and oxygen atoms in total. The van der Waals surface area contributed by atoms with Crippen LogP contribution in [0.25, 0.3) is 0 Å². The van der Waals surface area contributed by atoms with Gasteiger partial charge in [0.25, 0.3) is 0 Å². The van der Waals surface area contributed by atoms with Gasteiger partial charge in [-0.25, -0.2) is 0 Å². The van der Waals surface area contributed by atoms with Crippen molar-refractivity contribution in [2.24, 2.45) is 5.73 Å². The van der Waals surface area contributed by atoms with Gasteiger partial charge in [-0.3, -0.25) is 0 Å². The predicted molar refractivity (Wildman–Crippen MR) is 49.7 cm³/mol. The molecule has 0 rings (SSSR count). The first-order chi connectivity index (χ1) is 5.35. The number of nitrogens with zero attached hydrogens (tertiary/aromatic N) is 1. The van der Waals surface area contributed by atoms with E-state index in [0.29, 0.717) is 0 Å². The monoisotopic (exact) mass is 479 g/mol. The topological polar surface area (TPSA) is 41.3 Å². The number of hydrogen-bond donors (Lipinski definition) is 2. The first kappa shape index (κ1) is 20.5. The summed E-state index contributed by atoms with van der Waals surface area (Å²) in [6, 6.07) is 0. The van der Waals surface area contributed by atoms with Gasteiger partial charge in [-0.15, -0.1) is 0 Å². The van der Waals surface area contributed by atoms with E-state index in [9.17, 15) is 0 Å². The van der Waals surface area contributed by atoms with Crippen molar-refractivity contribution in [3.63, 3.8) is 0 Å². The fourth-order valence-electron chi connectivity index (χ4n) is 1.00. The van der Waals surface area contributed by atoms with Crippen molar-refractivity contribution in [3.05, 3.63) is 0 Å². The Morgan fingerprint density at radius 2 is 1.69 bits per heavy atom. The van der Waals surface area contributed by atoms with E-state index in [2.05, 4.69) is 24.1 Å². The average Bonchev–Trinajstić information content (AvgIpc) is 2.05. The maximum absolute atomic E-state index is 5.33. The van der Waals surface area contributed by atoms with Crippen LogP contribution >= 0.6 is 0 Å². The van der Waals surface area contributed by atoms with E-state index in [1.54, 1.807) is 0 Å². The average molecular weight is 479 g/mol. The van der Waals surface area contributed by atoms with Crippen molar-refractivity contribution in [2.45, 2.75) is 13.8 Å². The Kier molecular flexibility index (Phi) is 26.0. The van der Waals surface area contributed by atoms with Crippen molar-refractivity contribution >= 4 is 0 Å². The molecule has 0 aromatic rings. The minimum atomic E-state index is 0. The molecule has 13 heavy (non-hydrogen) atoms. The Hall–Kier alpha value is 2.07. The molecule has 3 N–H and O–H groups in total. The molecule has 0 fully saturated rings. The molecule has 0 aliphatic rings. The third-order valence-corrected chi connectivity index (χ3v) is 1.82. The summed E-state index contributed by atoms with van der Waals surface area (Å²) >= 11 is 0. The summed E-state index contributed by atoms with van der Waals surface area (Å²) < 4.78 is 0. The van der Waals surface area contributed by atoms with Gasteiger partial charge in [0.1, 0.15) is 0 Å². The molecule has 0 aromatic carbocycles. The molecule has 0 saturated heterocycles. The van der Waals surface area contributed by atoms with E-state index in [4.69, 9.17) is 5.73 Å². The number of nitrogens with two attached hydrogens (primary N) is 1. The maximum atomic E-state index is 5.33. The number of likely N-dealkylation sites (N-methyl/N-ethyl adjacent to an activating group) is 1. The van der Waals surface area contributed by atoms with E-state index in [1.807, 2.05) is 0 Å². The molecule has 0 bridgehead atoms. The molecular weight excluding hydrogens is 458 g/mol. The second-order valence-electron chi connectivity index (χ2n) is 2.57. The summed E-state index contributed by atoms with van der Waals surface area (Å²) in [7, 11) is 0. The van der Waals surface area contributed by atoms with Gasteiger partial charge >= 0.3 is 0 Å². The van der Waals surface area contributed by atoms with Crippen molar-refractivity contribution < 1.29 is 65.0 Å². The molecule has 74 valence electrons. The fraction of sp³-hybridized carbons (Fsp3) is 1.00. The minimum absolute atomic E-state index is 0. The SMILES string of the molecule is CCN(CC)CCNCCN.[Pa].[Y]. The normalized spacial score (nSPS) is 9.23. The van der Waals surface area contributed by atoms with Crippen molar-refractivity contribution in [1.82, 2.24) is 10.2 Å². The Bertz CT molecular complexity index is 81.8. The molecule has 0 amide bonds. The molecule has 0 atom stereocenters. The Morgan fingerprint density at radius 3 is 2.08 bits per heavy atom. The first-order valence-electron chi connectivity index (χ1n) is 4.48. The van der Waals surface area contributed by atoms with Crippen LogP contribution in [0.5, 0.6) is 0 Å². The third-order valence-electron chi connectivity index (χ3n) is 1.82. The van der Waals surface area contributed by atoms with E-state index in [0.717, 1.165) is 39.3 Å². The summed E-state index contributed by atoms with van der Waals surface area (Å²) in [6.45, 7) is 10.5. The molecule has 0 aromatic heterocycles. The summed E-state index contributed by atoms with van der Waals surface area (Å²) in [5.41, 5.74) is 5.33. The summed E-state index contributed by atoms with van der Waals surface area (Å²) in [5.74, 6) is 0. The van der Waals surface area contributed by atoms with Gasteiger partial charge in [0, 0.05) is 91.2 Å². The van der Waals surface area contributed by atoms with Crippen molar-refractivity contribution in [3.8, 4) is 0 Å². The summed E-state index contributed by atoms with van der Waals surface area (Å²) in [5, 5.41) is 3.27. The van der Waals surface area contributed by atoms with Gasteiger partial charge < -0.3 is 16.0 Å². The van der Waals surface area contributed by atoms with E-state index in [-0.39, 0.29) is 65.0 Å². The molecule has 0 spiro atoms. The van der Waals surface area contributed by atoms with Crippen LogP contribution in [-0.2, 0) is 32.7 Å². The van der Waals surface area contributed by atoms with E-state index >= 15 is 0 Å². The van der Waals surface area contributed by atoms with Gasteiger partial charge in [-0.1, -0.05) is 13.8 Å². The molecule has 0 aliphatic carbocycles. The summed E-state index contributed by atoms with van der Waals surface area (Å²) in [6.07, 6.45) is 0. The Balaban J connectivity index is -0.000000500. The van der Waals surface area contributed by atoms with Gasteiger partial charge in [-0.05, 0) is 13.1 Å². The van der Waals surface area contributed by atoms with E-state index in [1.165, 1.54) is 0 Å². The van der Waals surface area contributed by atoms with Gasteiger partial charge in [-0.2, -0.15) is 0 Å². The zero-order chi connectivity index (χ0) is 8.53. The minimum Gasteiger partial charge on any atom is -0.329 e.